The number of carbonyl (C=O) groups is 2. The summed E-state index contributed by atoms with van der Waals surface area (Å²) in [7, 11) is 3.19. The van der Waals surface area contributed by atoms with Gasteiger partial charge in [-0.1, -0.05) is 29.8 Å². The van der Waals surface area contributed by atoms with Gasteiger partial charge in [-0.05, 0) is 54.6 Å². The molecule has 2 aromatic carbocycles. The Morgan fingerprint density at radius 2 is 1.81 bits per heavy atom. The summed E-state index contributed by atoms with van der Waals surface area (Å²) in [4.78, 5) is 31.6. The van der Waals surface area contributed by atoms with E-state index >= 15 is 0 Å². The third-order valence-corrected chi connectivity index (χ3v) is 7.35. The lowest BCUT2D eigenvalue weighted by Gasteiger charge is -2.37. The second kappa shape index (κ2) is 12.1. The number of hydrogen-bond donors (Lipinski definition) is 0. The molecule has 1 aliphatic heterocycles. The van der Waals surface area contributed by atoms with Gasteiger partial charge in [-0.2, -0.15) is 0 Å². The monoisotopic (exact) mass is 508 g/mol. The lowest BCUT2D eigenvalue weighted by atomic mass is 10.0. The molecule has 3 aromatic rings. The van der Waals surface area contributed by atoms with Crippen molar-refractivity contribution in [2.45, 2.75) is 19.4 Å². The summed E-state index contributed by atoms with van der Waals surface area (Å²) in [5.74, 6) is 0.977. The number of aryl methyl sites for hydroxylation is 1. The summed E-state index contributed by atoms with van der Waals surface area (Å²) in [6.07, 6.45) is 0.786. The molecule has 0 aliphatic carbocycles. The number of rotatable bonds is 10. The lowest BCUT2D eigenvalue weighted by molar-refractivity contribution is -0.135. The minimum atomic E-state index is -0.254. The predicted octanol–water partition coefficient (Wildman–Crippen LogP) is 4.36. The average molecular weight is 509 g/mol. The van der Waals surface area contributed by atoms with Crippen molar-refractivity contribution >= 4 is 23.2 Å². The molecule has 4 rings (SSSR count). The summed E-state index contributed by atoms with van der Waals surface area (Å²) in [6, 6.07) is 16.7. The number of fused-ring (bicyclic) bond motifs is 1. The third kappa shape index (κ3) is 5.88. The molecule has 0 unspecified atom stereocenters. The maximum Gasteiger partial charge on any atom is 0.254 e. The summed E-state index contributed by atoms with van der Waals surface area (Å²) in [6.45, 7) is 3.49. The first-order chi connectivity index (χ1) is 17.5. The van der Waals surface area contributed by atoms with E-state index in [1.54, 1.807) is 42.6 Å². The fourth-order valence-corrected chi connectivity index (χ4v) is 5.30. The van der Waals surface area contributed by atoms with E-state index < -0.39 is 0 Å². The van der Waals surface area contributed by atoms with Crippen LogP contribution in [0.25, 0.3) is 0 Å². The minimum Gasteiger partial charge on any atom is -0.493 e. The van der Waals surface area contributed by atoms with Crippen LogP contribution in [0, 0.1) is 6.92 Å². The highest BCUT2D eigenvalue weighted by Gasteiger charge is 2.33. The Hall–Kier alpha value is -3.36. The van der Waals surface area contributed by atoms with E-state index in [1.165, 1.54) is 4.88 Å². The molecule has 0 saturated heterocycles. The van der Waals surface area contributed by atoms with Gasteiger partial charge < -0.3 is 24.0 Å². The molecular formula is C28H32N2O5S. The van der Waals surface area contributed by atoms with Crippen LogP contribution in [-0.2, 0) is 16.0 Å². The van der Waals surface area contributed by atoms with Gasteiger partial charge in [-0.3, -0.25) is 9.59 Å². The van der Waals surface area contributed by atoms with Crippen molar-refractivity contribution in [3.63, 3.8) is 0 Å². The number of methoxy groups -OCH3 is 2. The zero-order valence-electron chi connectivity index (χ0n) is 20.9. The van der Waals surface area contributed by atoms with Gasteiger partial charge in [0.1, 0.15) is 13.2 Å². The second-order valence-electron chi connectivity index (χ2n) is 8.70. The fraction of sp³-hybridized carbons (Fsp3) is 0.357. The number of nitrogens with zero attached hydrogens (tertiary/aromatic N) is 2. The average Bonchev–Trinajstić information content (AvgIpc) is 3.39. The van der Waals surface area contributed by atoms with E-state index in [9.17, 15) is 9.59 Å². The van der Waals surface area contributed by atoms with Gasteiger partial charge in [0, 0.05) is 30.6 Å². The Kier molecular flexibility index (Phi) is 8.61. The molecule has 1 aliphatic rings. The van der Waals surface area contributed by atoms with Crippen molar-refractivity contribution in [1.29, 1.82) is 0 Å². The van der Waals surface area contributed by atoms with Crippen LogP contribution in [0.15, 0.2) is 60.0 Å². The van der Waals surface area contributed by atoms with Crippen molar-refractivity contribution in [2.75, 3.05) is 47.1 Å². The van der Waals surface area contributed by atoms with E-state index in [0.29, 0.717) is 43.4 Å². The molecule has 0 spiro atoms. The maximum atomic E-state index is 13.7. The zero-order chi connectivity index (χ0) is 25.5. The second-order valence-corrected chi connectivity index (χ2v) is 9.70. The highest BCUT2D eigenvalue weighted by atomic mass is 32.1. The molecule has 7 nitrogen and oxygen atoms in total. The molecule has 1 atom stereocenters. The van der Waals surface area contributed by atoms with Gasteiger partial charge in [0.15, 0.2) is 11.5 Å². The van der Waals surface area contributed by atoms with Gasteiger partial charge in [-0.15, -0.1) is 11.3 Å². The number of thiophene rings is 1. The molecular weight excluding hydrogens is 476 g/mol. The number of amides is 2. The first kappa shape index (κ1) is 25.7. The van der Waals surface area contributed by atoms with Crippen molar-refractivity contribution in [2.24, 2.45) is 0 Å². The topological polar surface area (TPSA) is 68.3 Å². The van der Waals surface area contributed by atoms with E-state index in [-0.39, 0.29) is 24.4 Å². The van der Waals surface area contributed by atoms with E-state index in [4.69, 9.17) is 14.2 Å². The Bertz CT molecular complexity index is 1180. The van der Waals surface area contributed by atoms with E-state index in [1.807, 2.05) is 48.2 Å². The van der Waals surface area contributed by atoms with Crippen LogP contribution in [0.4, 0.5) is 0 Å². The van der Waals surface area contributed by atoms with Crippen LogP contribution in [0.1, 0.15) is 32.4 Å². The molecule has 2 amide bonds. The molecule has 2 heterocycles. The molecule has 8 heteroatoms. The lowest BCUT2D eigenvalue weighted by Crippen LogP contribution is -2.48. The number of carbonyl (C=O) groups excluding carboxylic acids is 2. The van der Waals surface area contributed by atoms with Gasteiger partial charge in [0.05, 0.1) is 19.8 Å². The first-order valence-corrected chi connectivity index (χ1v) is 12.9. The molecule has 0 saturated carbocycles. The molecule has 0 bridgehead atoms. The molecule has 36 heavy (non-hydrogen) atoms. The number of ether oxygens (including phenoxy) is 3. The summed E-state index contributed by atoms with van der Waals surface area (Å²) in [5.41, 5.74) is 2.73. The van der Waals surface area contributed by atoms with Gasteiger partial charge in [0.25, 0.3) is 5.91 Å². The molecule has 1 aromatic heterocycles. The zero-order valence-corrected chi connectivity index (χ0v) is 21.8. The van der Waals surface area contributed by atoms with Crippen molar-refractivity contribution in [3.05, 3.63) is 81.5 Å². The van der Waals surface area contributed by atoms with E-state index in [2.05, 4.69) is 11.4 Å². The van der Waals surface area contributed by atoms with Crippen molar-refractivity contribution in [1.82, 2.24) is 9.80 Å². The van der Waals surface area contributed by atoms with Gasteiger partial charge in [-0.25, -0.2) is 0 Å². The summed E-state index contributed by atoms with van der Waals surface area (Å²) in [5, 5.41) is 2.06. The molecule has 0 fully saturated rings. The van der Waals surface area contributed by atoms with Crippen LogP contribution in [0.5, 0.6) is 11.5 Å². The van der Waals surface area contributed by atoms with E-state index in [0.717, 1.165) is 17.5 Å². The smallest absolute Gasteiger partial charge is 0.254 e. The summed E-state index contributed by atoms with van der Waals surface area (Å²) >= 11 is 1.70. The quantitative estimate of drug-likeness (QED) is 0.407. The standard InChI is InChI=1S/C28H32N2O5S/c1-20-8-10-21(11-9-20)28(32)29(15-16-33-2)18-27(31)30-14-12-26-22(13-17-36-26)23(30)19-35-25-7-5-4-6-24(25)34-3/h4-11,13,17,23H,12,14-16,18-19H2,1-3H3/t23-/m0/s1. The van der Waals surface area contributed by atoms with Crippen LogP contribution in [0.3, 0.4) is 0 Å². The Labute approximate surface area is 216 Å². The van der Waals surface area contributed by atoms with Crippen LogP contribution >= 0.6 is 11.3 Å². The Morgan fingerprint density at radius 3 is 2.53 bits per heavy atom. The van der Waals surface area contributed by atoms with Crippen LogP contribution in [-0.4, -0.2) is 68.7 Å². The highest BCUT2D eigenvalue weighted by Crippen LogP contribution is 2.35. The number of para-hydroxylation sites is 2. The SMILES string of the molecule is COCCN(CC(=O)N1CCc2sccc2[C@@H]1COc1ccccc1OC)C(=O)c1ccc(C)cc1. The van der Waals surface area contributed by atoms with Gasteiger partial charge >= 0.3 is 0 Å². The Morgan fingerprint density at radius 1 is 1.06 bits per heavy atom. The predicted molar refractivity (Wildman–Crippen MR) is 140 cm³/mol. The largest absolute Gasteiger partial charge is 0.493 e. The van der Waals surface area contributed by atoms with Crippen molar-refractivity contribution < 1.29 is 23.8 Å². The fourth-order valence-electron chi connectivity index (χ4n) is 4.37. The van der Waals surface area contributed by atoms with Crippen LogP contribution in [0.2, 0.25) is 0 Å². The number of benzene rings is 2. The molecule has 190 valence electrons. The highest BCUT2D eigenvalue weighted by molar-refractivity contribution is 7.10. The summed E-state index contributed by atoms with van der Waals surface area (Å²) < 4.78 is 16.8. The molecule has 0 N–H and O–H groups in total. The van der Waals surface area contributed by atoms with Gasteiger partial charge in [0.2, 0.25) is 5.91 Å². The third-order valence-electron chi connectivity index (χ3n) is 6.36. The number of hydrogen-bond acceptors (Lipinski definition) is 6. The minimum absolute atomic E-state index is 0.0271. The normalized spacial score (nSPS) is 14.8. The first-order valence-electron chi connectivity index (χ1n) is 12.0. The van der Waals surface area contributed by atoms with Crippen LogP contribution < -0.4 is 9.47 Å². The maximum absolute atomic E-state index is 13.7. The Balaban J connectivity index is 1.53. The molecule has 0 radical (unpaired) electrons. The van der Waals surface area contributed by atoms with Crippen molar-refractivity contribution in [3.8, 4) is 11.5 Å².